The van der Waals surface area contributed by atoms with Crippen molar-refractivity contribution in [2.24, 2.45) is 0 Å². The van der Waals surface area contributed by atoms with Gasteiger partial charge in [0.1, 0.15) is 5.75 Å². The van der Waals surface area contributed by atoms with Crippen LogP contribution in [0.3, 0.4) is 0 Å². The van der Waals surface area contributed by atoms with Gasteiger partial charge in [0.05, 0.1) is 7.11 Å². The summed E-state index contributed by atoms with van der Waals surface area (Å²) in [4.78, 5) is 28.8. The average Bonchev–Trinajstić information content (AvgIpc) is 2.73. The minimum atomic E-state index is -0.0996. The van der Waals surface area contributed by atoms with Crippen molar-refractivity contribution in [1.29, 1.82) is 0 Å². The highest BCUT2D eigenvalue weighted by Gasteiger charge is 2.22. The van der Waals surface area contributed by atoms with Gasteiger partial charge in [0.25, 0.3) is 11.8 Å². The Morgan fingerprint density at radius 2 is 1.75 bits per heavy atom. The SMILES string of the molecule is COc1ccc(C(=O)NCCN2CCN(C(=O)c3cccc(Cl)c3)CC2)cc1. The highest BCUT2D eigenvalue weighted by atomic mass is 35.5. The molecule has 0 bridgehead atoms. The molecule has 0 aliphatic carbocycles. The highest BCUT2D eigenvalue weighted by Crippen LogP contribution is 2.14. The molecule has 7 heteroatoms. The van der Waals surface area contributed by atoms with Gasteiger partial charge in [-0.05, 0) is 42.5 Å². The van der Waals surface area contributed by atoms with E-state index >= 15 is 0 Å². The number of carbonyl (C=O) groups is 2. The minimum absolute atomic E-state index is 0.00922. The molecule has 6 nitrogen and oxygen atoms in total. The van der Waals surface area contributed by atoms with Gasteiger partial charge in [-0.25, -0.2) is 0 Å². The first-order valence-corrected chi connectivity index (χ1v) is 9.64. The van der Waals surface area contributed by atoms with Gasteiger partial charge < -0.3 is 15.0 Å². The second kappa shape index (κ2) is 9.57. The summed E-state index contributed by atoms with van der Waals surface area (Å²) in [6, 6.07) is 14.1. The zero-order chi connectivity index (χ0) is 19.9. The molecule has 0 unspecified atom stereocenters. The van der Waals surface area contributed by atoms with Gasteiger partial charge in [-0.15, -0.1) is 0 Å². The predicted molar refractivity (Wildman–Crippen MR) is 109 cm³/mol. The third-order valence-electron chi connectivity index (χ3n) is 4.80. The van der Waals surface area contributed by atoms with E-state index < -0.39 is 0 Å². The molecule has 2 aromatic carbocycles. The molecule has 2 aromatic rings. The van der Waals surface area contributed by atoms with Crippen molar-refractivity contribution in [3.05, 3.63) is 64.7 Å². The normalized spacial score (nSPS) is 14.6. The van der Waals surface area contributed by atoms with E-state index in [0.29, 0.717) is 35.8 Å². The summed E-state index contributed by atoms with van der Waals surface area (Å²) in [5.41, 5.74) is 1.23. The van der Waals surface area contributed by atoms with E-state index in [-0.39, 0.29) is 11.8 Å². The van der Waals surface area contributed by atoms with Crippen molar-refractivity contribution in [3.8, 4) is 5.75 Å². The number of ether oxygens (including phenoxy) is 1. The summed E-state index contributed by atoms with van der Waals surface area (Å²) in [7, 11) is 1.59. The first kappa shape index (κ1) is 20.2. The Hall–Kier alpha value is -2.57. The van der Waals surface area contributed by atoms with Crippen LogP contribution in [0, 0.1) is 0 Å². The monoisotopic (exact) mass is 401 g/mol. The van der Waals surface area contributed by atoms with Crippen molar-refractivity contribution in [1.82, 2.24) is 15.1 Å². The van der Waals surface area contributed by atoms with Crippen molar-refractivity contribution < 1.29 is 14.3 Å². The van der Waals surface area contributed by atoms with Gasteiger partial charge in [-0.3, -0.25) is 14.5 Å². The van der Waals surface area contributed by atoms with E-state index in [0.717, 1.165) is 25.4 Å². The summed E-state index contributed by atoms with van der Waals surface area (Å²) < 4.78 is 5.10. The Labute approximate surface area is 170 Å². The highest BCUT2D eigenvalue weighted by molar-refractivity contribution is 6.30. The summed E-state index contributed by atoms with van der Waals surface area (Å²) >= 11 is 5.97. The summed E-state index contributed by atoms with van der Waals surface area (Å²) in [6.45, 7) is 4.21. The quantitative estimate of drug-likeness (QED) is 0.808. The number of piperazine rings is 1. The number of amides is 2. The lowest BCUT2D eigenvalue weighted by Gasteiger charge is -2.34. The standard InChI is InChI=1S/C21H24ClN3O3/c1-28-19-7-5-16(6-8-19)20(26)23-9-10-24-11-13-25(14-12-24)21(27)17-3-2-4-18(22)15-17/h2-8,15H,9-14H2,1H3,(H,23,26). The first-order chi connectivity index (χ1) is 13.6. The summed E-state index contributed by atoms with van der Waals surface area (Å²) in [5.74, 6) is 0.633. The Morgan fingerprint density at radius 1 is 1.04 bits per heavy atom. The van der Waals surface area contributed by atoms with Crippen LogP contribution in [-0.4, -0.2) is 68.0 Å². The van der Waals surface area contributed by atoms with E-state index in [1.807, 2.05) is 4.90 Å². The lowest BCUT2D eigenvalue weighted by Crippen LogP contribution is -2.50. The van der Waals surface area contributed by atoms with Crippen molar-refractivity contribution in [2.75, 3.05) is 46.4 Å². The molecule has 0 aromatic heterocycles. The third kappa shape index (κ3) is 5.24. The minimum Gasteiger partial charge on any atom is -0.497 e. The first-order valence-electron chi connectivity index (χ1n) is 9.26. The van der Waals surface area contributed by atoms with Crippen LogP contribution in [0.4, 0.5) is 0 Å². The fraction of sp³-hybridized carbons (Fsp3) is 0.333. The van der Waals surface area contributed by atoms with Crippen LogP contribution in [-0.2, 0) is 0 Å². The maximum atomic E-state index is 12.5. The molecule has 1 aliphatic rings. The molecule has 28 heavy (non-hydrogen) atoms. The number of hydrogen-bond donors (Lipinski definition) is 1. The Kier molecular flexibility index (Phi) is 6.90. The van der Waals surface area contributed by atoms with Crippen LogP contribution in [0.25, 0.3) is 0 Å². The van der Waals surface area contributed by atoms with Gasteiger partial charge in [0.2, 0.25) is 0 Å². The Morgan fingerprint density at radius 3 is 2.39 bits per heavy atom. The topological polar surface area (TPSA) is 61.9 Å². The second-order valence-electron chi connectivity index (χ2n) is 6.63. The van der Waals surface area contributed by atoms with E-state index in [1.165, 1.54) is 0 Å². The maximum absolute atomic E-state index is 12.5. The van der Waals surface area contributed by atoms with Crippen LogP contribution >= 0.6 is 11.6 Å². The molecule has 1 aliphatic heterocycles. The van der Waals surface area contributed by atoms with Crippen LogP contribution in [0.5, 0.6) is 5.75 Å². The molecule has 2 amide bonds. The molecular formula is C21H24ClN3O3. The zero-order valence-corrected chi connectivity index (χ0v) is 16.6. The lowest BCUT2D eigenvalue weighted by atomic mass is 10.2. The Balaban J connectivity index is 1.40. The predicted octanol–water partition coefficient (Wildman–Crippen LogP) is 2.54. The molecule has 1 heterocycles. The summed E-state index contributed by atoms with van der Waals surface area (Å²) in [6.07, 6.45) is 0. The maximum Gasteiger partial charge on any atom is 0.253 e. The molecule has 0 saturated carbocycles. The number of nitrogens with zero attached hydrogens (tertiary/aromatic N) is 2. The number of nitrogens with one attached hydrogen (secondary N) is 1. The van der Waals surface area contributed by atoms with Crippen molar-refractivity contribution in [2.45, 2.75) is 0 Å². The number of benzene rings is 2. The molecular weight excluding hydrogens is 378 g/mol. The molecule has 1 saturated heterocycles. The van der Waals surface area contributed by atoms with Crippen molar-refractivity contribution in [3.63, 3.8) is 0 Å². The van der Waals surface area contributed by atoms with Crippen LogP contribution in [0.1, 0.15) is 20.7 Å². The van der Waals surface area contributed by atoms with Gasteiger partial charge in [-0.2, -0.15) is 0 Å². The smallest absolute Gasteiger partial charge is 0.253 e. The zero-order valence-electron chi connectivity index (χ0n) is 15.9. The van der Waals surface area contributed by atoms with E-state index in [9.17, 15) is 9.59 Å². The molecule has 0 spiro atoms. The Bertz CT molecular complexity index is 818. The molecule has 1 N–H and O–H groups in total. The molecule has 1 fully saturated rings. The van der Waals surface area contributed by atoms with Gasteiger partial charge in [0.15, 0.2) is 0 Å². The van der Waals surface area contributed by atoms with Gasteiger partial charge in [-0.1, -0.05) is 17.7 Å². The molecule has 3 rings (SSSR count). The second-order valence-corrected chi connectivity index (χ2v) is 7.07. The van der Waals surface area contributed by atoms with E-state index in [1.54, 1.807) is 55.6 Å². The average molecular weight is 402 g/mol. The van der Waals surface area contributed by atoms with E-state index in [4.69, 9.17) is 16.3 Å². The number of carbonyl (C=O) groups excluding carboxylic acids is 2. The number of rotatable bonds is 6. The van der Waals surface area contributed by atoms with E-state index in [2.05, 4.69) is 10.2 Å². The summed E-state index contributed by atoms with van der Waals surface area (Å²) in [5, 5.41) is 3.50. The largest absolute Gasteiger partial charge is 0.497 e. The lowest BCUT2D eigenvalue weighted by molar-refractivity contribution is 0.0638. The van der Waals surface area contributed by atoms with Crippen molar-refractivity contribution >= 4 is 23.4 Å². The van der Waals surface area contributed by atoms with Crippen LogP contribution in [0.15, 0.2) is 48.5 Å². The number of hydrogen-bond acceptors (Lipinski definition) is 4. The third-order valence-corrected chi connectivity index (χ3v) is 5.03. The van der Waals surface area contributed by atoms with Gasteiger partial charge >= 0.3 is 0 Å². The number of halogens is 1. The molecule has 148 valence electrons. The fourth-order valence-corrected chi connectivity index (χ4v) is 3.34. The van der Waals surface area contributed by atoms with Crippen LogP contribution in [0.2, 0.25) is 5.02 Å². The van der Waals surface area contributed by atoms with Gasteiger partial charge in [0, 0.05) is 55.4 Å². The van der Waals surface area contributed by atoms with Crippen LogP contribution < -0.4 is 10.1 Å². The number of methoxy groups -OCH3 is 1. The molecule has 0 radical (unpaired) electrons. The molecule has 0 atom stereocenters. The fourth-order valence-electron chi connectivity index (χ4n) is 3.15.